The van der Waals surface area contributed by atoms with E-state index in [2.05, 4.69) is 4.98 Å². The number of thioether (sulfide) groups is 1. The third-order valence-electron chi connectivity index (χ3n) is 2.44. The predicted octanol–water partition coefficient (Wildman–Crippen LogP) is 3.10. The van der Waals surface area contributed by atoms with Gasteiger partial charge in [0.15, 0.2) is 5.16 Å². The monoisotopic (exact) mass is 296 g/mol. The molecule has 0 bridgehead atoms. The number of carbonyl (C=O) groups is 1. The van der Waals surface area contributed by atoms with Crippen LogP contribution in [0.1, 0.15) is 25.0 Å². The van der Waals surface area contributed by atoms with Crippen molar-refractivity contribution in [1.82, 2.24) is 9.55 Å². The number of hydrogen-bond acceptors (Lipinski definition) is 3. The maximum absolute atomic E-state index is 12.0. The average molecular weight is 296 g/mol. The van der Waals surface area contributed by atoms with Crippen LogP contribution in [0.25, 0.3) is 0 Å². The van der Waals surface area contributed by atoms with E-state index in [4.69, 9.17) is 5.11 Å². The van der Waals surface area contributed by atoms with Gasteiger partial charge in [0.2, 0.25) is 0 Å². The van der Waals surface area contributed by atoms with Gasteiger partial charge in [-0.2, -0.15) is 13.2 Å². The first-order valence-corrected chi connectivity index (χ1v) is 6.71. The molecule has 108 valence electrons. The maximum Gasteiger partial charge on any atom is 0.389 e. The Bertz CT molecular complexity index is 432. The summed E-state index contributed by atoms with van der Waals surface area (Å²) in [6.07, 6.45) is -2.88. The quantitative estimate of drug-likeness (QED) is 0.620. The molecule has 1 N–H and O–H groups in total. The lowest BCUT2D eigenvalue weighted by atomic mass is 10.2. The molecule has 0 atom stereocenters. The van der Waals surface area contributed by atoms with Crippen molar-refractivity contribution in [2.75, 3.05) is 5.75 Å². The van der Waals surface area contributed by atoms with Crippen molar-refractivity contribution < 1.29 is 23.1 Å². The Labute approximate surface area is 113 Å². The van der Waals surface area contributed by atoms with Crippen LogP contribution in [0.3, 0.4) is 0 Å². The number of carboxylic acid groups (broad SMARTS) is 1. The van der Waals surface area contributed by atoms with Gasteiger partial charge in [0.1, 0.15) is 0 Å². The van der Waals surface area contributed by atoms with Gasteiger partial charge < -0.3 is 9.67 Å². The normalized spacial score (nSPS) is 11.8. The van der Waals surface area contributed by atoms with E-state index < -0.39 is 18.6 Å². The van der Waals surface area contributed by atoms with Crippen LogP contribution in [0.5, 0.6) is 0 Å². The first kappa shape index (κ1) is 15.9. The van der Waals surface area contributed by atoms with E-state index in [1.54, 1.807) is 17.7 Å². The highest BCUT2D eigenvalue weighted by atomic mass is 32.2. The van der Waals surface area contributed by atoms with Gasteiger partial charge in [-0.1, -0.05) is 11.8 Å². The van der Waals surface area contributed by atoms with Crippen LogP contribution in [0.15, 0.2) is 11.4 Å². The van der Waals surface area contributed by atoms with Crippen molar-refractivity contribution >= 4 is 17.7 Å². The highest BCUT2D eigenvalue weighted by Gasteiger charge is 2.25. The lowest BCUT2D eigenvalue weighted by Crippen LogP contribution is -2.09. The highest BCUT2D eigenvalue weighted by Crippen LogP contribution is 2.23. The summed E-state index contributed by atoms with van der Waals surface area (Å²) in [6.45, 7) is 2.21. The van der Waals surface area contributed by atoms with E-state index in [-0.39, 0.29) is 12.2 Å². The van der Waals surface area contributed by atoms with Crippen LogP contribution < -0.4 is 0 Å². The molecular formula is C11H15F3N2O2S. The topological polar surface area (TPSA) is 55.1 Å². The average Bonchev–Trinajstić information content (AvgIpc) is 2.62. The fourth-order valence-corrected chi connectivity index (χ4v) is 2.32. The third kappa shape index (κ3) is 6.00. The second kappa shape index (κ2) is 6.83. The number of aryl methyl sites for hydroxylation is 1. The second-order valence-electron chi connectivity index (χ2n) is 4.09. The molecule has 1 aromatic heterocycles. The summed E-state index contributed by atoms with van der Waals surface area (Å²) in [7, 11) is 0. The minimum atomic E-state index is -4.12. The molecule has 0 aliphatic rings. The Hall–Kier alpha value is -1.18. The summed E-state index contributed by atoms with van der Waals surface area (Å²) in [5, 5.41) is 9.13. The van der Waals surface area contributed by atoms with Crippen LogP contribution in [-0.2, 0) is 11.3 Å². The molecule has 0 radical (unpaired) electrons. The smallest absolute Gasteiger partial charge is 0.389 e. The number of unbranched alkanes of at least 4 members (excludes halogenated alkanes) is 1. The Kier molecular flexibility index (Phi) is 5.71. The first-order valence-electron chi connectivity index (χ1n) is 5.73. The predicted molar refractivity (Wildman–Crippen MR) is 65.2 cm³/mol. The summed E-state index contributed by atoms with van der Waals surface area (Å²) in [6, 6.07) is 0. The second-order valence-corrected chi connectivity index (χ2v) is 5.03. The Balaban J connectivity index is 2.48. The number of aliphatic carboxylic acids is 1. The summed E-state index contributed by atoms with van der Waals surface area (Å²) >= 11 is 1.07. The molecule has 4 nitrogen and oxygen atoms in total. The third-order valence-corrected chi connectivity index (χ3v) is 3.41. The van der Waals surface area contributed by atoms with Crippen LogP contribution in [0.4, 0.5) is 13.2 Å². The van der Waals surface area contributed by atoms with Gasteiger partial charge in [-0.05, 0) is 19.8 Å². The van der Waals surface area contributed by atoms with Gasteiger partial charge in [0.05, 0.1) is 5.75 Å². The molecule has 0 unspecified atom stereocenters. The summed E-state index contributed by atoms with van der Waals surface area (Å²) in [4.78, 5) is 14.5. The van der Waals surface area contributed by atoms with Crippen molar-refractivity contribution in [1.29, 1.82) is 0 Å². The first-order chi connectivity index (χ1) is 8.79. The Morgan fingerprint density at radius 3 is 2.74 bits per heavy atom. The zero-order chi connectivity index (χ0) is 14.5. The maximum atomic E-state index is 12.0. The lowest BCUT2D eigenvalue weighted by Gasteiger charge is -2.10. The fraction of sp³-hybridized carbons (Fsp3) is 0.636. The molecule has 0 aliphatic carbocycles. The number of rotatable bonds is 7. The fourth-order valence-electron chi connectivity index (χ4n) is 1.55. The number of aromatic nitrogens is 2. The molecular weight excluding hydrogens is 281 g/mol. The molecule has 1 aromatic rings. The van der Waals surface area contributed by atoms with Crippen molar-refractivity contribution in [3.8, 4) is 0 Å². The van der Waals surface area contributed by atoms with Gasteiger partial charge in [-0.3, -0.25) is 4.79 Å². The highest BCUT2D eigenvalue weighted by molar-refractivity contribution is 7.99. The van der Waals surface area contributed by atoms with E-state index in [0.717, 1.165) is 17.5 Å². The van der Waals surface area contributed by atoms with Crippen molar-refractivity contribution in [3.05, 3.63) is 11.9 Å². The van der Waals surface area contributed by atoms with Crippen LogP contribution in [0, 0.1) is 6.92 Å². The molecule has 0 amide bonds. The largest absolute Gasteiger partial charge is 0.481 e. The molecule has 0 saturated carbocycles. The number of nitrogens with zero attached hydrogens (tertiary/aromatic N) is 2. The molecule has 8 heteroatoms. The molecule has 0 fully saturated rings. The van der Waals surface area contributed by atoms with E-state index in [1.165, 1.54) is 0 Å². The molecule has 1 rings (SSSR count). The van der Waals surface area contributed by atoms with Crippen LogP contribution >= 0.6 is 11.8 Å². The van der Waals surface area contributed by atoms with Gasteiger partial charge in [-0.15, -0.1) is 0 Å². The van der Waals surface area contributed by atoms with Gasteiger partial charge >= 0.3 is 12.1 Å². The van der Waals surface area contributed by atoms with E-state index >= 15 is 0 Å². The zero-order valence-electron chi connectivity index (χ0n) is 10.4. The van der Waals surface area contributed by atoms with E-state index in [0.29, 0.717) is 18.1 Å². The number of carboxylic acids is 1. The van der Waals surface area contributed by atoms with E-state index in [9.17, 15) is 18.0 Å². The number of imidazole rings is 1. The molecule has 0 aromatic carbocycles. The van der Waals surface area contributed by atoms with Crippen molar-refractivity contribution in [2.45, 2.75) is 44.1 Å². The number of hydrogen-bond donors (Lipinski definition) is 1. The Morgan fingerprint density at radius 1 is 1.47 bits per heavy atom. The molecule has 0 spiro atoms. The number of halogens is 3. The molecule has 0 saturated heterocycles. The van der Waals surface area contributed by atoms with Gasteiger partial charge in [0.25, 0.3) is 0 Å². The molecule has 19 heavy (non-hydrogen) atoms. The number of alkyl halides is 3. The molecule has 1 heterocycles. The van der Waals surface area contributed by atoms with Crippen molar-refractivity contribution in [2.24, 2.45) is 0 Å². The Morgan fingerprint density at radius 2 is 2.16 bits per heavy atom. The zero-order valence-corrected chi connectivity index (χ0v) is 11.2. The minimum Gasteiger partial charge on any atom is -0.481 e. The minimum absolute atomic E-state index is 0.0597. The SMILES string of the molecule is Cc1cnc(SCC(=O)O)n1CCCCC(F)(F)F. The summed E-state index contributed by atoms with van der Waals surface area (Å²) < 4.78 is 37.8. The van der Waals surface area contributed by atoms with E-state index in [1.807, 2.05) is 0 Å². The van der Waals surface area contributed by atoms with Gasteiger partial charge in [0, 0.05) is 24.9 Å². The standard InChI is InChI=1S/C11H15F3N2O2S/c1-8-6-15-10(19-7-9(17)18)16(8)5-3-2-4-11(12,13)14/h6H,2-5,7H2,1H3,(H,17,18). The van der Waals surface area contributed by atoms with Gasteiger partial charge in [-0.25, -0.2) is 4.98 Å². The van der Waals surface area contributed by atoms with Crippen LogP contribution in [-0.4, -0.2) is 32.6 Å². The molecule has 0 aliphatic heterocycles. The summed E-state index contributed by atoms with van der Waals surface area (Å²) in [5.74, 6) is -1.06. The van der Waals surface area contributed by atoms with Crippen LogP contribution in [0.2, 0.25) is 0 Å². The summed E-state index contributed by atoms with van der Waals surface area (Å²) in [5.41, 5.74) is 0.819. The lowest BCUT2D eigenvalue weighted by molar-refractivity contribution is -0.136. The van der Waals surface area contributed by atoms with Crippen molar-refractivity contribution in [3.63, 3.8) is 0 Å².